The van der Waals surface area contributed by atoms with Gasteiger partial charge in [-0.15, -0.1) is 0 Å². The molecule has 6 nitrogen and oxygen atoms in total. The van der Waals surface area contributed by atoms with Crippen molar-refractivity contribution in [1.82, 2.24) is 15.2 Å². The molecule has 2 aliphatic heterocycles. The average molecular weight is 595 g/mol. The molecular weight excluding hydrogens is 544 g/mol. The van der Waals surface area contributed by atoms with Gasteiger partial charge >= 0.3 is 6.09 Å². The normalized spacial score (nSPS) is 27.7. The van der Waals surface area contributed by atoms with Crippen LogP contribution in [0.25, 0.3) is 0 Å². The van der Waals surface area contributed by atoms with Gasteiger partial charge in [0.2, 0.25) is 0 Å². The summed E-state index contributed by atoms with van der Waals surface area (Å²) in [4.78, 5) is 17.4. The quantitative estimate of drug-likeness (QED) is 0.327. The van der Waals surface area contributed by atoms with E-state index in [0.29, 0.717) is 24.5 Å². The molecule has 1 amide bonds. The Balaban J connectivity index is 0.985. The average Bonchev–Trinajstić information content (AvgIpc) is 3.58. The van der Waals surface area contributed by atoms with Crippen LogP contribution in [0.1, 0.15) is 75.8 Å². The highest BCUT2D eigenvalue weighted by atomic mass is 16.6. The van der Waals surface area contributed by atoms with Crippen molar-refractivity contribution in [2.45, 2.75) is 88.8 Å². The van der Waals surface area contributed by atoms with E-state index in [0.717, 1.165) is 50.6 Å². The Hall–Kier alpha value is -3.38. The predicted molar refractivity (Wildman–Crippen MR) is 179 cm³/mol. The number of allylic oxidation sites excluding steroid dienone is 4. The third-order valence-corrected chi connectivity index (χ3v) is 11.0. The minimum Gasteiger partial charge on any atom is -0.445 e. The summed E-state index contributed by atoms with van der Waals surface area (Å²) < 4.78 is 5.66. The third kappa shape index (κ3) is 7.28. The third-order valence-electron chi connectivity index (χ3n) is 11.0. The Bertz CT molecular complexity index is 1320. The maximum atomic E-state index is 12.9. The standard InChI is InChI=1S/C38H50N4O2/c1-29-13-15-31(16-14-29)35-27-36(40-39-35)32-19-24-42(25-20-32)26-23-38(33-11-7-4-8-12-33)21-17-34(18-22-38)41(2)37(43)44-28-30-9-5-3-6-10-30/h3-15,31-32,34,36,40H,16-28H2,1-2H3. The van der Waals surface area contributed by atoms with Crippen LogP contribution in [-0.2, 0) is 16.8 Å². The van der Waals surface area contributed by atoms with Crippen LogP contribution in [0.2, 0.25) is 0 Å². The first-order valence-corrected chi connectivity index (χ1v) is 16.9. The van der Waals surface area contributed by atoms with E-state index in [1.165, 1.54) is 49.2 Å². The lowest BCUT2D eigenvalue weighted by molar-refractivity contribution is 0.0724. The molecular formula is C38H50N4O2. The van der Waals surface area contributed by atoms with Crippen molar-refractivity contribution in [1.29, 1.82) is 0 Å². The second-order valence-corrected chi connectivity index (χ2v) is 13.6. The lowest BCUT2D eigenvalue weighted by atomic mass is 9.66. The van der Waals surface area contributed by atoms with Gasteiger partial charge in [-0.1, -0.05) is 84.5 Å². The van der Waals surface area contributed by atoms with Gasteiger partial charge in [-0.2, -0.15) is 5.10 Å². The molecule has 1 saturated carbocycles. The van der Waals surface area contributed by atoms with Gasteiger partial charge in [-0.05, 0) is 100 Å². The van der Waals surface area contributed by atoms with Crippen molar-refractivity contribution in [3.05, 3.63) is 95.6 Å². The molecule has 234 valence electrons. The summed E-state index contributed by atoms with van der Waals surface area (Å²) in [7, 11) is 1.91. The summed E-state index contributed by atoms with van der Waals surface area (Å²) in [5, 5.41) is 4.79. The molecule has 2 fully saturated rings. The number of nitrogens with one attached hydrogen (secondary N) is 1. The van der Waals surface area contributed by atoms with Crippen molar-refractivity contribution in [3.63, 3.8) is 0 Å². The topological polar surface area (TPSA) is 57.2 Å². The second kappa shape index (κ2) is 14.2. The van der Waals surface area contributed by atoms with E-state index in [1.807, 2.05) is 42.3 Å². The number of hydrazone groups is 1. The van der Waals surface area contributed by atoms with Crippen molar-refractivity contribution in [2.75, 3.05) is 26.7 Å². The van der Waals surface area contributed by atoms with E-state index >= 15 is 0 Å². The number of carbonyl (C=O) groups excluding carboxylic acids is 1. The Morgan fingerprint density at radius 1 is 1.02 bits per heavy atom. The number of hydrogen-bond acceptors (Lipinski definition) is 5. The minimum atomic E-state index is -0.217. The number of amides is 1. The highest BCUT2D eigenvalue weighted by Gasteiger charge is 2.39. The van der Waals surface area contributed by atoms with Gasteiger partial charge in [-0.25, -0.2) is 4.79 Å². The van der Waals surface area contributed by atoms with Gasteiger partial charge in [-0.3, -0.25) is 0 Å². The van der Waals surface area contributed by atoms with Gasteiger partial charge in [0.25, 0.3) is 0 Å². The van der Waals surface area contributed by atoms with Gasteiger partial charge in [0.1, 0.15) is 6.61 Å². The number of ether oxygens (including phenoxy) is 1. The Kier molecular flexibility index (Phi) is 9.85. The molecule has 0 bridgehead atoms. The van der Waals surface area contributed by atoms with E-state index in [-0.39, 0.29) is 17.6 Å². The summed E-state index contributed by atoms with van der Waals surface area (Å²) in [5.74, 6) is 1.17. The van der Waals surface area contributed by atoms with Crippen LogP contribution in [0.3, 0.4) is 0 Å². The van der Waals surface area contributed by atoms with Gasteiger partial charge in [0.15, 0.2) is 0 Å². The predicted octanol–water partition coefficient (Wildman–Crippen LogP) is 7.48. The molecule has 6 rings (SSSR count). The zero-order chi connectivity index (χ0) is 30.4. The molecule has 2 aromatic carbocycles. The zero-order valence-corrected chi connectivity index (χ0v) is 26.7. The highest BCUT2D eigenvalue weighted by molar-refractivity contribution is 5.90. The molecule has 2 aromatic rings. The van der Waals surface area contributed by atoms with Crippen LogP contribution in [0.5, 0.6) is 0 Å². The Morgan fingerprint density at radius 3 is 2.41 bits per heavy atom. The zero-order valence-electron chi connectivity index (χ0n) is 26.7. The number of benzene rings is 2. The molecule has 0 radical (unpaired) electrons. The summed E-state index contributed by atoms with van der Waals surface area (Å²) in [6, 6.07) is 21.8. The SMILES string of the molecule is CC1=CCC(C2=NNC(C3CCN(CCC4(c5ccccc5)CCC(N(C)C(=O)OCc5ccccc5)CC4)CC3)C2)C=C1. The van der Waals surface area contributed by atoms with Crippen LogP contribution in [-0.4, -0.2) is 60.4 Å². The Morgan fingerprint density at radius 2 is 1.73 bits per heavy atom. The molecule has 44 heavy (non-hydrogen) atoms. The molecule has 2 heterocycles. The molecule has 1 N–H and O–H groups in total. The van der Waals surface area contributed by atoms with Crippen LogP contribution in [0.4, 0.5) is 4.79 Å². The minimum absolute atomic E-state index is 0.166. The summed E-state index contributed by atoms with van der Waals surface area (Å²) >= 11 is 0. The van der Waals surface area contributed by atoms with E-state index in [1.54, 1.807) is 0 Å². The summed E-state index contributed by atoms with van der Waals surface area (Å²) in [6.45, 7) is 5.98. The number of nitrogens with zero attached hydrogens (tertiary/aromatic N) is 3. The maximum Gasteiger partial charge on any atom is 0.410 e. The van der Waals surface area contributed by atoms with Crippen LogP contribution in [0.15, 0.2) is 89.6 Å². The highest BCUT2D eigenvalue weighted by Crippen LogP contribution is 2.44. The van der Waals surface area contributed by atoms with Crippen molar-refractivity contribution < 1.29 is 9.53 Å². The first-order valence-electron chi connectivity index (χ1n) is 16.9. The number of likely N-dealkylation sites (tertiary alicyclic amines) is 1. The fourth-order valence-electron chi connectivity index (χ4n) is 7.90. The number of piperidine rings is 1. The van der Waals surface area contributed by atoms with Crippen LogP contribution >= 0.6 is 0 Å². The van der Waals surface area contributed by atoms with Crippen molar-refractivity contribution in [3.8, 4) is 0 Å². The van der Waals surface area contributed by atoms with Crippen molar-refractivity contribution >= 4 is 11.8 Å². The van der Waals surface area contributed by atoms with E-state index in [2.05, 4.69) is 65.8 Å². The smallest absolute Gasteiger partial charge is 0.410 e. The fraction of sp³-hybridized carbons (Fsp3) is 0.526. The number of rotatable bonds is 9. The molecule has 0 spiro atoms. The summed E-state index contributed by atoms with van der Waals surface area (Å²) in [5.41, 5.74) is 8.88. The first-order chi connectivity index (χ1) is 21.5. The molecule has 1 saturated heterocycles. The van der Waals surface area contributed by atoms with Crippen molar-refractivity contribution in [2.24, 2.45) is 16.9 Å². The van der Waals surface area contributed by atoms with Crippen LogP contribution < -0.4 is 5.43 Å². The second-order valence-electron chi connectivity index (χ2n) is 13.6. The van der Waals surface area contributed by atoms with Gasteiger partial charge in [0.05, 0.1) is 6.04 Å². The number of carbonyl (C=O) groups is 1. The van der Waals surface area contributed by atoms with E-state index in [4.69, 9.17) is 9.84 Å². The molecule has 2 atom stereocenters. The van der Waals surface area contributed by atoms with Gasteiger partial charge in [0, 0.05) is 31.1 Å². The lowest BCUT2D eigenvalue weighted by Gasteiger charge is -2.44. The molecule has 4 aliphatic rings. The van der Waals surface area contributed by atoms with E-state index in [9.17, 15) is 4.79 Å². The molecule has 0 aromatic heterocycles. The fourth-order valence-corrected chi connectivity index (χ4v) is 7.90. The molecule has 6 heteroatoms. The van der Waals surface area contributed by atoms with Gasteiger partial charge < -0.3 is 20.0 Å². The van der Waals surface area contributed by atoms with Crippen LogP contribution in [0, 0.1) is 11.8 Å². The lowest BCUT2D eigenvalue weighted by Crippen LogP contribution is -2.46. The van der Waals surface area contributed by atoms with E-state index < -0.39 is 0 Å². The monoisotopic (exact) mass is 594 g/mol. The number of hydrogen-bond donors (Lipinski definition) is 1. The maximum absolute atomic E-state index is 12.9. The molecule has 2 aliphatic carbocycles. The summed E-state index contributed by atoms with van der Waals surface area (Å²) in [6.07, 6.45) is 16.8. The first kappa shape index (κ1) is 30.6. The Labute approximate surface area is 264 Å². The molecule has 2 unspecified atom stereocenters. The largest absolute Gasteiger partial charge is 0.445 e.